The molecule has 2 aromatic rings. The second-order valence-electron chi connectivity index (χ2n) is 5.28. The summed E-state index contributed by atoms with van der Waals surface area (Å²) in [6.45, 7) is 5.16. The van der Waals surface area contributed by atoms with Crippen LogP contribution in [0.25, 0.3) is 0 Å². The van der Waals surface area contributed by atoms with Crippen molar-refractivity contribution in [2.75, 3.05) is 6.54 Å². The van der Waals surface area contributed by atoms with Crippen LogP contribution in [0.5, 0.6) is 5.75 Å². The van der Waals surface area contributed by atoms with Gasteiger partial charge in [0.1, 0.15) is 11.9 Å². The second-order valence-corrected chi connectivity index (χ2v) is 5.28. The van der Waals surface area contributed by atoms with Crippen molar-refractivity contribution in [3.8, 4) is 5.75 Å². The van der Waals surface area contributed by atoms with E-state index < -0.39 is 0 Å². The minimum atomic E-state index is 0.190. The molecule has 0 saturated carbocycles. The highest BCUT2D eigenvalue weighted by Gasteiger charge is 2.21. The number of nitrogens with one attached hydrogen (secondary N) is 1. The van der Waals surface area contributed by atoms with E-state index in [2.05, 4.69) is 48.4 Å². The molecule has 0 radical (unpaired) electrons. The number of nitrogens with zero attached hydrogens (tertiary/aromatic N) is 1. The molecule has 20 heavy (non-hydrogen) atoms. The van der Waals surface area contributed by atoms with Gasteiger partial charge in [-0.1, -0.05) is 25.1 Å². The van der Waals surface area contributed by atoms with E-state index in [9.17, 15) is 0 Å². The van der Waals surface area contributed by atoms with Gasteiger partial charge in [0, 0.05) is 18.8 Å². The fourth-order valence-corrected chi connectivity index (χ4v) is 2.80. The zero-order valence-electron chi connectivity index (χ0n) is 12.0. The fourth-order valence-electron chi connectivity index (χ4n) is 2.80. The van der Waals surface area contributed by atoms with E-state index in [0.717, 1.165) is 18.7 Å². The van der Waals surface area contributed by atoms with E-state index in [0.29, 0.717) is 0 Å². The Hall–Kier alpha value is -1.87. The van der Waals surface area contributed by atoms with Crippen LogP contribution in [0.2, 0.25) is 0 Å². The summed E-state index contributed by atoms with van der Waals surface area (Å²) in [5.74, 6) is 1.03. The first-order chi connectivity index (χ1) is 9.78. The summed E-state index contributed by atoms with van der Waals surface area (Å²) < 4.78 is 5.77. The lowest BCUT2D eigenvalue weighted by Gasteiger charge is -2.19. The minimum absolute atomic E-state index is 0.190. The molecule has 104 valence electrons. The topological polar surface area (TPSA) is 34.2 Å². The van der Waals surface area contributed by atoms with Crippen molar-refractivity contribution in [3.63, 3.8) is 0 Å². The molecule has 2 heterocycles. The van der Waals surface area contributed by atoms with E-state index >= 15 is 0 Å². The molecule has 0 fully saturated rings. The Morgan fingerprint density at radius 3 is 3.00 bits per heavy atom. The Morgan fingerprint density at radius 1 is 1.35 bits per heavy atom. The van der Waals surface area contributed by atoms with Gasteiger partial charge in [-0.15, -0.1) is 0 Å². The van der Waals surface area contributed by atoms with Crippen LogP contribution in [0, 0.1) is 0 Å². The number of rotatable bonds is 4. The van der Waals surface area contributed by atoms with Crippen LogP contribution in [0.15, 0.2) is 42.7 Å². The van der Waals surface area contributed by atoms with Crippen molar-refractivity contribution in [3.05, 3.63) is 59.4 Å². The molecule has 0 saturated heterocycles. The monoisotopic (exact) mass is 268 g/mol. The Bertz CT molecular complexity index is 583. The maximum atomic E-state index is 5.77. The van der Waals surface area contributed by atoms with Gasteiger partial charge in [0.15, 0.2) is 0 Å². The third-order valence-electron chi connectivity index (χ3n) is 3.68. The van der Waals surface area contributed by atoms with Gasteiger partial charge in [0.25, 0.3) is 0 Å². The van der Waals surface area contributed by atoms with Gasteiger partial charge >= 0.3 is 0 Å². The maximum absolute atomic E-state index is 5.77. The third-order valence-corrected chi connectivity index (χ3v) is 3.68. The molecule has 1 aliphatic heterocycles. The van der Waals surface area contributed by atoms with E-state index in [1.807, 2.05) is 18.5 Å². The van der Waals surface area contributed by atoms with Crippen molar-refractivity contribution >= 4 is 0 Å². The smallest absolute Gasteiger partial charge is 0.123 e. The van der Waals surface area contributed by atoms with Crippen LogP contribution in [0.1, 0.15) is 36.6 Å². The summed E-state index contributed by atoms with van der Waals surface area (Å²) in [6, 6.07) is 10.8. The van der Waals surface area contributed by atoms with Crippen molar-refractivity contribution in [2.45, 2.75) is 32.4 Å². The molecule has 3 heteroatoms. The first-order valence-corrected chi connectivity index (χ1v) is 7.20. The van der Waals surface area contributed by atoms with Gasteiger partial charge in [-0.2, -0.15) is 0 Å². The number of aromatic nitrogens is 1. The summed E-state index contributed by atoms with van der Waals surface area (Å²) >= 11 is 0. The van der Waals surface area contributed by atoms with Crippen molar-refractivity contribution in [1.29, 1.82) is 0 Å². The summed E-state index contributed by atoms with van der Waals surface area (Å²) in [5.41, 5.74) is 3.78. The molecular weight excluding hydrogens is 248 g/mol. The van der Waals surface area contributed by atoms with E-state index in [1.165, 1.54) is 16.7 Å². The highest BCUT2D eigenvalue weighted by atomic mass is 16.5. The van der Waals surface area contributed by atoms with Gasteiger partial charge in [0.05, 0.1) is 6.04 Å². The Labute approximate surface area is 120 Å². The molecule has 0 spiro atoms. The van der Waals surface area contributed by atoms with Crippen LogP contribution in [-0.2, 0) is 6.42 Å². The Balaban J connectivity index is 1.95. The fraction of sp³-hybridized carbons (Fsp3) is 0.353. The van der Waals surface area contributed by atoms with E-state index in [1.54, 1.807) is 0 Å². The van der Waals surface area contributed by atoms with Gasteiger partial charge < -0.3 is 10.1 Å². The molecule has 1 aromatic carbocycles. The van der Waals surface area contributed by atoms with Gasteiger partial charge in [0.2, 0.25) is 0 Å². The highest BCUT2D eigenvalue weighted by Crippen LogP contribution is 2.32. The lowest BCUT2D eigenvalue weighted by molar-refractivity contribution is 0.254. The molecule has 1 aliphatic rings. The standard InChI is InChI=1S/C17H20N2O/c1-3-19-17(14-5-4-8-18-11-14)13-6-7-16-15(10-13)9-12(2)20-16/h4-8,10-12,17,19H,3,9H2,1-2H3. The zero-order valence-corrected chi connectivity index (χ0v) is 12.0. The van der Waals surface area contributed by atoms with Gasteiger partial charge in [-0.3, -0.25) is 4.98 Å². The number of fused-ring (bicyclic) bond motifs is 1. The molecule has 0 amide bonds. The average molecular weight is 268 g/mol. The average Bonchev–Trinajstić information content (AvgIpc) is 2.84. The number of ether oxygens (including phenoxy) is 1. The summed E-state index contributed by atoms with van der Waals surface area (Å²) in [7, 11) is 0. The Morgan fingerprint density at radius 2 is 2.25 bits per heavy atom. The molecule has 3 rings (SSSR count). The molecule has 0 aliphatic carbocycles. The molecule has 2 unspecified atom stereocenters. The molecule has 3 nitrogen and oxygen atoms in total. The lowest BCUT2D eigenvalue weighted by Crippen LogP contribution is -2.22. The number of pyridine rings is 1. The molecular formula is C17H20N2O. The first-order valence-electron chi connectivity index (χ1n) is 7.20. The number of hydrogen-bond acceptors (Lipinski definition) is 3. The number of benzene rings is 1. The largest absolute Gasteiger partial charge is 0.490 e. The first kappa shape index (κ1) is 13.1. The predicted octanol–water partition coefficient (Wildman–Crippen LogP) is 3.10. The third kappa shape index (κ3) is 2.54. The number of hydrogen-bond donors (Lipinski definition) is 1. The minimum Gasteiger partial charge on any atom is -0.490 e. The lowest BCUT2D eigenvalue weighted by atomic mass is 9.97. The maximum Gasteiger partial charge on any atom is 0.123 e. The van der Waals surface area contributed by atoms with Crippen molar-refractivity contribution < 1.29 is 4.74 Å². The molecule has 1 aromatic heterocycles. The molecule has 2 atom stereocenters. The quantitative estimate of drug-likeness (QED) is 0.925. The van der Waals surface area contributed by atoms with Crippen LogP contribution in [0.4, 0.5) is 0 Å². The SMILES string of the molecule is CCNC(c1cccnc1)c1ccc2c(c1)CC(C)O2. The predicted molar refractivity (Wildman–Crippen MR) is 80.0 cm³/mol. The Kier molecular flexibility index (Phi) is 3.70. The van der Waals surface area contributed by atoms with Crippen molar-refractivity contribution in [1.82, 2.24) is 10.3 Å². The van der Waals surface area contributed by atoms with Crippen molar-refractivity contribution in [2.24, 2.45) is 0 Å². The van der Waals surface area contributed by atoms with Crippen LogP contribution in [0.3, 0.4) is 0 Å². The van der Waals surface area contributed by atoms with Crippen LogP contribution in [-0.4, -0.2) is 17.6 Å². The summed E-state index contributed by atoms with van der Waals surface area (Å²) in [4.78, 5) is 4.23. The summed E-state index contributed by atoms with van der Waals surface area (Å²) in [5, 5.41) is 3.54. The van der Waals surface area contributed by atoms with Gasteiger partial charge in [-0.25, -0.2) is 0 Å². The second kappa shape index (κ2) is 5.63. The van der Waals surface area contributed by atoms with E-state index in [-0.39, 0.29) is 12.1 Å². The zero-order chi connectivity index (χ0) is 13.9. The van der Waals surface area contributed by atoms with Gasteiger partial charge in [-0.05, 0) is 42.3 Å². The normalized spacial score (nSPS) is 18.4. The highest BCUT2D eigenvalue weighted by molar-refractivity contribution is 5.43. The van der Waals surface area contributed by atoms with Crippen LogP contribution < -0.4 is 10.1 Å². The van der Waals surface area contributed by atoms with E-state index in [4.69, 9.17) is 4.74 Å². The van der Waals surface area contributed by atoms with Crippen LogP contribution >= 0.6 is 0 Å². The molecule has 0 bridgehead atoms. The summed E-state index contributed by atoms with van der Waals surface area (Å²) in [6.07, 6.45) is 5.02. The molecule has 1 N–H and O–H groups in total.